The van der Waals surface area contributed by atoms with E-state index in [-0.39, 0.29) is 42.7 Å². The van der Waals surface area contributed by atoms with E-state index >= 15 is 0 Å². The molecule has 0 spiro atoms. The number of nitrogens with zero attached hydrogens (tertiary/aromatic N) is 1. The molecule has 1 atom stereocenters. The molecule has 0 aliphatic rings. The van der Waals surface area contributed by atoms with Crippen molar-refractivity contribution in [2.24, 2.45) is 5.73 Å². The summed E-state index contributed by atoms with van der Waals surface area (Å²) in [6, 6.07) is 16.2. The molecule has 0 radical (unpaired) electrons. The highest BCUT2D eigenvalue weighted by molar-refractivity contribution is 5.78. The van der Waals surface area contributed by atoms with E-state index in [0.717, 1.165) is 11.1 Å². The van der Waals surface area contributed by atoms with E-state index in [9.17, 15) is 14.0 Å². The predicted octanol–water partition coefficient (Wildman–Crippen LogP) is 2.96. The summed E-state index contributed by atoms with van der Waals surface area (Å²) in [6.07, 6.45) is 1.62. The standard InChI is InChI=1S/C25H29FN4O2/c1-17-10-11-30(29-15-18(2)19-6-4-3-5-7-19)25(32)23(17)13-24(31)28-16-21-12-22(26)9-8-20(21)14-27/h3-12,18,29H,13-16,27H2,1-2H3,(H,28,31). The average Bonchev–Trinajstić information content (AvgIpc) is 2.80. The molecule has 3 rings (SSSR count). The minimum absolute atomic E-state index is 0.0608. The first-order chi connectivity index (χ1) is 15.4. The summed E-state index contributed by atoms with van der Waals surface area (Å²) in [5.74, 6) is -0.490. The van der Waals surface area contributed by atoms with Crippen LogP contribution in [-0.4, -0.2) is 17.1 Å². The third-order valence-corrected chi connectivity index (χ3v) is 5.56. The number of amides is 1. The molecule has 1 amide bonds. The molecule has 1 heterocycles. The molecule has 0 fully saturated rings. The second kappa shape index (κ2) is 10.7. The summed E-state index contributed by atoms with van der Waals surface area (Å²) >= 11 is 0. The van der Waals surface area contributed by atoms with Crippen molar-refractivity contribution in [1.29, 1.82) is 0 Å². The van der Waals surface area contributed by atoms with Crippen LogP contribution in [0.1, 0.15) is 40.7 Å². The Morgan fingerprint density at radius 1 is 1.12 bits per heavy atom. The molecule has 168 valence electrons. The van der Waals surface area contributed by atoms with E-state index in [0.29, 0.717) is 17.7 Å². The van der Waals surface area contributed by atoms with Gasteiger partial charge in [-0.25, -0.2) is 9.07 Å². The van der Waals surface area contributed by atoms with Crippen LogP contribution in [0.4, 0.5) is 4.39 Å². The van der Waals surface area contributed by atoms with E-state index in [1.807, 2.05) is 24.3 Å². The second-order valence-electron chi connectivity index (χ2n) is 7.90. The van der Waals surface area contributed by atoms with E-state index in [2.05, 4.69) is 29.8 Å². The molecule has 0 aliphatic heterocycles. The fraction of sp³-hybridized carbons (Fsp3) is 0.280. The fourth-order valence-electron chi connectivity index (χ4n) is 3.52. The Morgan fingerprint density at radius 2 is 1.88 bits per heavy atom. The van der Waals surface area contributed by atoms with Crippen LogP contribution >= 0.6 is 0 Å². The number of pyridine rings is 1. The van der Waals surface area contributed by atoms with Crippen LogP contribution in [0.2, 0.25) is 0 Å². The number of rotatable bonds is 9. The lowest BCUT2D eigenvalue weighted by Gasteiger charge is -2.17. The van der Waals surface area contributed by atoms with Gasteiger partial charge in [0.2, 0.25) is 5.91 Å². The maximum atomic E-state index is 13.5. The zero-order chi connectivity index (χ0) is 23.1. The van der Waals surface area contributed by atoms with Gasteiger partial charge in [0.15, 0.2) is 0 Å². The minimum Gasteiger partial charge on any atom is -0.352 e. The molecule has 1 aromatic heterocycles. The fourth-order valence-corrected chi connectivity index (χ4v) is 3.52. The Labute approximate surface area is 187 Å². The van der Waals surface area contributed by atoms with Gasteiger partial charge in [0.05, 0.1) is 6.42 Å². The SMILES string of the molecule is Cc1ccn(NCC(C)c2ccccc2)c(=O)c1CC(=O)NCc1cc(F)ccc1CN. The van der Waals surface area contributed by atoms with E-state index in [4.69, 9.17) is 5.73 Å². The highest BCUT2D eigenvalue weighted by Crippen LogP contribution is 2.14. The first-order valence-electron chi connectivity index (χ1n) is 10.6. The van der Waals surface area contributed by atoms with Gasteiger partial charge in [-0.3, -0.25) is 9.59 Å². The van der Waals surface area contributed by atoms with Crippen molar-refractivity contribution in [1.82, 2.24) is 9.99 Å². The molecular weight excluding hydrogens is 407 g/mol. The predicted molar refractivity (Wildman–Crippen MR) is 124 cm³/mol. The largest absolute Gasteiger partial charge is 0.352 e. The molecule has 6 nitrogen and oxygen atoms in total. The van der Waals surface area contributed by atoms with Gasteiger partial charge in [-0.15, -0.1) is 0 Å². The second-order valence-corrected chi connectivity index (χ2v) is 7.90. The maximum absolute atomic E-state index is 13.5. The lowest BCUT2D eigenvalue weighted by atomic mass is 10.0. The van der Waals surface area contributed by atoms with Gasteiger partial charge in [0, 0.05) is 31.4 Å². The molecule has 0 aliphatic carbocycles. The number of nitrogens with one attached hydrogen (secondary N) is 2. The lowest BCUT2D eigenvalue weighted by Crippen LogP contribution is -2.35. The van der Waals surface area contributed by atoms with Crippen molar-refractivity contribution in [3.63, 3.8) is 0 Å². The van der Waals surface area contributed by atoms with E-state index in [1.165, 1.54) is 22.4 Å². The number of halogens is 1. The van der Waals surface area contributed by atoms with Crippen molar-refractivity contribution < 1.29 is 9.18 Å². The van der Waals surface area contributed by atoms with Crippen LogP contribution in [0.3, 0.4) is 0 Å². The van der Waals surface area contributed by atoms with Crippen LogP contribution < -0.4 is 22.0 Å². The third kappa shape index (κ3) is 5.82. The van der Waals surface area contributed by atoms with Crippen molar-refractivity contribution in [3.05, 3.63) is 105 Å². The Balaban J connectivity index is 1.65. The Bertz CT molecular complexity index is 1130. The average molecular weight is 437 g/mol. The number of aromatic nitrogens is 1. The zero-order valence-electron chi connectivity index (χ0n) is 18.4. The molecule has 1 unspecified atom stereocenters. The highest BCUT2D eigenvalue weighted by Gasteiger charge is 2.14. The van der Waals surface area contributed by atoms with Crippen molar-refractivity contribution in [2.75, 3.05) is 12.0 Å². The summed E-state index contributed by atoms with van der Waals surface area (Å²) in [5.41, 5.74) is 12.3. The Morgan fingerprint density at radius 3 is 2.59 bits per heavy atom. The van der Waals surface area contributed by atoms with Gasteiger partial charge in [0.1, 0.15) is 5.82 Å². The number of benzene rings is 2. The van der Waals surface area contributed by atoms with Gasteiger partial charge < -0.3 is 16.5 Å². The molecule has 3 aromatic rings. The molecular formula is C25H29FN4O2. The third-order valence-electron chi connectivity index (χ3n) is 5.56. The van der Waals surface area contributed by atoms with Gasteiger partial charge in [-0.05, 0) is 53.3 Å². The number of carbonyl (C=O) groups is 1. The lowest BCUT2D eigenvalue weighted by molar-refractivity contribution is -0.120. The Hall–Kier alpha value is -3.45. The minimum atomic E-state index is -0.385. The van der Waals surface area contributed by atoms with Gasteiger partial charge in [0.25, 0.3) is 5.56 Å². The molecule has 32 heavy (non-hydrogen) atoms. The zero-order valence-corrected chi connectivity index (χ0v) is 18.4. The smallest absolute Gasteiger partial charge is 0.272 e. The molecule has 2 aromatic carbocycles. The maximum Gasteiger partial charge on any atom is 0.272 e. The number of hydrogen-bond acceptors (Lipinski definition) is 4. The van der Waals surface area contributed by atoms with E-state index < -0.39 is 0 Å². The quantitative estimate of drug-likeness (QED) is 0.481. The van der Waals surface area contributed by atoms with Gasteiger partial charge >= 0.3 is 0 Å². The van der Waals surface area contributed by atoms with Crippen LogP contribution in [-0.2, 0) is 24.3 Å². The molecule has 0 saturated carbocycles. The van der Waals surface area contributed by atoms with Crippen molar-refractivity contribution >= 4 is 5.91 Å². The molecule has 4 N–H and O–H groups in total. The van der Waals surface area contributed by atoms with Crippen LogP contribution in [0.25, 0.3) is 0 Å². The van der Waals surface area contributed by atoms with Crippen molar-refractivity contribution in [2.45, 2.75) is 39.3 Å². The van der Waals surface area contributed by atoms with Gasteiger partial charge in [-0.1, -0.05) is 43.3 Å². The van der Waals surface area contributed by atoms with Crippen LogP contribution in [0.15, 0.2) is 65.6 Å². The van der Waals surface area contributed by atoms with Crippen LogP contribution in [0, 0.1) is 12.7 Å². The first kappa shape index (κ1) is 23.2. The van der Waals surface area contributed by atoms with Gasteiger partial charge in [-0.2, -0.15) is 0 Å². The number of hydrogen-bond donors (Lipinski definition) is 3. The number of aryl methyl sites for hydroxylation is 1. The monoisotopic (exact) mass is 436 g/mol. The van der Waals surface area contributed by atoms with Crippen molar-refractivity contribution in [3.8, 4) is 0 Å². The Kier molecular flexibility index (Phi) is 7.78. The topological polar surface area (TPSA) is 89.2 Å². The highest BCUT2D eigenvalue weighted by atomic mass is 19.1. The number of carbonyl (C=O) groups excluding carboxylic acids is 1. The number of nitrogens with two attached hydrogens (primary N) is 1. The first-order valence-corrected chi connectivity index (χ1v) is 10.6. The summed E-state index contributed by atoms with van der Waals surface area (Å²) in [4.78, 5) is 25.5. The van der Waals surface area contributed by atoms with Crippen LogP contribution in [0.5, 0.6) is 0 Å². The normalized spacial score (nSPS) is 11.8. The molecule has 7 heteroatoms. The summed E-state index contributed by atoms with van der Waals surface area (Å²) in [6.45, 7) is 4.86. The summed E-state index contributed by atoms with van der Waals surface area (Å²) in [7, 11) is 0. The van der Waals surface area contributed by atoms with E-state index in [1.54, 1.807) is 19.2 Å². The molecule has 0 bridgehead atoms. The molecule has 0 saturated heterocycles. The summed E-state index contributed by atoms with van der Waals surface area (Å²) < 4.78 is 15.0. The summed E-state index contributed by atoms with van der Waals surface area (Å²) in [5, 5.41) is 2.77.